The Kier molecular flexibility index (Phi) is 6.49. The summed E-state index contributed by atoms with van der Waals surface area (Å²) in [6.45, 7) is 9.97. The molecule has 1 heterocycles. The second kappa shape index (κ2) is 8.37. The van der Waals surface area contributed by atoms with E-state index in [-0.39, 0.29) is 0 Å². The predicted octanol–water partition coefficient (Wildman–Crippen LogP) is 2.42. The summed E-state index contributed by atoms with van der Waals surface area (Å²) in [5.41, 5.74) is 2.58. The third-order valence-electron chi connectivity index (χ3n) is 3.77. The molecule has 4 nitrogen and oxygen atoms in total. The summed E-state index contributed by atoms with van der Waals surface area (Å²) in [5.74, 6) is 0.980. The van der Waals surface area contributed by atoms with E-state index in [4.69, 9.17) is 9.47 Å². The Morgan fingerprint density at radius 2 is 2.14 bits per heavy atom. The van der Waals surface area contributed by atoms with Crippen molar-refractivity contribution in [3.05, 3.63) is 29.3 Å². The van der Waals surface area contributed by atoms with Gasteiger partial charge >= 0.3 is 0 Å². The fourth-order valence-electron chi connectivity index (χ4n) is 2.58. The summed E-state index contributed by atoms with van der Waals surface area (Å²) in [4.78, 5) is 2.45. The molecule has 2 rings (SSSR count). The molecule has 118 valence electrons. The zero-order valence-electron chi connectivity index (χ0n) is 13.5. The molecule has 0 atom stereocenters. The summed E-state index contributed by atoms with van der Waals surface area (Å²) < 4.78 is 11.0. The average molecular weight is 292 g/mol. The lowest BCUT2D eigenvalue weighted by Gasteiger charge is -2.21. The third kappa shape index (κ3) is 5.30. The summed E-state index contributed by atoms with van der Waals surface area (Å²) in [5, 5.41) is 3.47. The van der Waals surface area contributed by atoms with Crippen molar-refractivity contribution in [1.29, 1.82) is 0 Å². The number of rotatable bonds is 6. The van der Waals surface area contributed by atoms with Crippen molar-refractivity contribution in [1.82, 2.24) is 10.2 Å². The van der Waals surface area contributed by atoms with Gasteiger partial charge in [-0.2, -0.15) is 0 Å². The van der Waals surface area contributed by atoms with Crippen LogP contribution in [0, 0.1) is 0 Å². The van der Waals surface area contributed by atoms with E-state index in [1.165, 1.54) is 11.1 Å². The maximum absolute atomic E-state index is 5.52. The normalized spacial score (nSPS) is 17.0. The molecule has 0 aliphatic carbocycles. The largest absolute Gasteiger partial charge is 0.496 e. The highest BCUT2D eigenvalue weighted by Gasteiger charge is 2.13. The van der Waals surface area contributed by atoms with Gasteiger partial charge in [-0.15, -0.1) is 0 Å². The minimum Gasteiger partial charge on any atom is -0.496 e. The van der Waals surface area contributed by atoms with E-state index in [1.54, 1.807) is 7.11 Å². The fraction of sp³-hybridized carbons (Fsp3) is 0.647. The number of hydrogen-bond donors (Lipinski definition) is 1. The lowest BCUT2D eigenvalue weighted by Crippen LogP contribution is -2.26. The molecule has 1 aromatic carbocycles. The highest BCUT2D eigenvalue weighted by atomic mass is 16.5. The molecule has 1 fully saturated rings. The van der Waals surface area contributed by atoms with Crippen molar-refractivity contribution < 1.29 is 9.47 Å². The Morgan fingerprint density at radius 3 is 2.90 bits per heavy atom. The van der Waals surface area contributed by atoms with Crippen LogP contribution in [0.5, 0.6) is 5.75 Å². The third-order valence-corrected chi connectivity index (χ3v) is 3.77. The van der Waals surface area contributed by atoms with E-state index >= 15 is 0 Å². The Balaban J connectivity index is 2.05. The van der Waals surface area contributed by atoms with E-state index < -0.39 is 0 Å². The van der Waals surface area contributed by atoms with Gasteiger partial charge < -0.3 is 14.8 Å². The SMILES string of the molecule is COc1ccc(CNC(C)C)cc1CN1CCCOCC1. The van der Waals surface area contributed by atoms with Crippen LogP contribution in [-0.4, -0.2) is 44.4 Å². The molecule has 1 N–H and O–H groups in total. The molecule has 0 aromatic heterocycles. The van der Waals surface area contributed by atoms with Crippen LogP contribution < -0.4 is 10.1 Å². The minimum absolute atomic E-state index is 0.498. The van der Waals surface area contributed by atoms with Gasteiger partial charge in [0.05, 0.1) is 13.7 Å². The van der Waals surface area contributed by atoms with E-state index in [2.05, 4.69) is 42.3 Å². The Morgan fingerprint density at radius 1 is 1.29 bits per heavy atom. The smallest absolute Gasteiger partial charge is 0.123 e. The molecule has 0 amide bonds. The molecule has 0 bridgehead atoms. The fourth-order valence-corrected chi connectivity index (χ4v) is 2.58. The number of nitrogens with one attached hydrogen (secondary N) is 1. The summed E-state index contributed by atoms with van der Waals surface area (Å²) in [6.07, 6.45) is 1.11. The maximum Gasteiger partial charge on any atom is 0.123 e. The van der Waals surface area contributed by atoms with Gasteiger partial charge in [-0.3, -0.25) is 4.90 Å². The van der Waals surface area contributed by atoms with Crippen LogP contribution in [0.25, 0.3) is 0 Å². The van der Waals surface area contributed by atoms with Gasteiger partial charge in [0, 0.05) is 44.4 Å². The molecule has 1 aromatic rings. The van der Waals surface area contributed by atoms with Gasteiger partial charge in [-0.05, 0) is 24.1 Å². The molecule has 4 heteroatoms. The van der Waals surface area contributed by atoms with Crippen LogP contribution in [0.2, 0.25) is 0 Å². The van der Waals surface area contributed by atoms with Crippen LogP contribution in [0.1, 0.15) is 31.4 Å². The van der Waals surface area contributed by atoms with Crippen LogP contribution in [-0.2, 0) is 17.8 Å². The first-order valence-corrected chi connectivity index (χ1v) is 7.88. The lowest BCUT2D eigenvalue weighted by atomic mass is 10.1. The summed E-state index contributed by atoms with van der Waals surface area (Å²) >= 11 is 0. The molecule has 21 heavy (non-hydrogen) atoms. The summed E-state index contributed by atoms with van der Waals surface area (Å²) in [7, 11) is 1.75. The predicted molar refractivity (Wildman–Crippen MR) is 85.7 cm³/mol. The molecule has 0 unspecified atom stereocenters. The molecule has 0 radical (unpaired) electrons. The molecule has 1 aliphatic rings. The van der Waals surface area contributed by atoms with Crippen molar-refractivity contribution in [3.8, 4) is 5.75 Å². The Hall–Kier alpha value is -1.10. The zero-order valence-corrected chi connectivity index (χ0v) is 13.5. The van der Waals surface area contributed by atoms with Crippen LogP contribution in [0.4, 0.5) is 0 Å². The number of ether oxygens (including phenoxy) is 2. The van der Waals surface area contributed by atoms with Gasteiger partial charge in [-0.25, -0.2) is 0 Å². The van der Waals surface area contributed by atoms with Gasteiger partial charge in [0.1, 0.15) is 5.75 Å². The van der Waals surface area contributed by atoms with Crippen molar-refractivity contribution in [2.24, 2.45) is 0 Å². The molecular formula is C17H28N2O2. The average Bonchev–Trinajstić information content (AvgIpc) is 2.74. The topological polar surface area (TPSA) is 33.7 Å². The van der Waals surface area contributed by atoms with E-state index in [9.17, 15) is 0 Å². The van der Waals surface area contributed by atoms with Crippen LogP contribution in [0.3, 0.4) is 0 Å². The number of methoxy groups -OCH3 is 1. The number of nitrogens with zero attached hydrogens (tertiary/aromatic N) is 1. The zero-order chi connectivity index (χ0) is 15.1. The van der Waals surface area contributed by atoms with Gasteiger partial charge in [-0.1, -0.05) is 19.9 Å². The quantitative estimate of drug-likeness (QED) is 0.873. The van der Waals surface area contributed by atoms with Crippen LogP contribution in [0.15, 0.2) is 18.2 Å². The van der Waals surface area contributed by atoms with Gasteiger partial charge in [0.2, 0.25) is 0 Å². The maximum atomic E-state index is 5.52. The van der Waals surface area contributed by atoms with Gasteiger partial charge in [0.25, 0.3) is 0 Å². The molecule has 0 saturated carbocycles. The number of benzene rings is 1. The standard InChI is InChI=1S/C17H28N2O2/c1-14(2)18-12-15-5-6-17(20-3)16(11-15)13-19-7-4-9-21-10-8-19/h5-6,11,14,18H,4,7-10,12-13H2,1-3H3. The number of hydrogen-bond acceptors (Lipinski definition) is 4. The van der Waals surface area contributed by atoms with Crippen molar-refractivity contribution in [3.63, 3.8) is 0 Å². The van der Waals surface area contributed by atoms with E-state index in [1.807, 2.05) is 0 Å². The second-order valence-corrected chi connectivity index (χ2v) is 5.92. The van der Waals surface area contributed by atoms with E-state index in [0.29, 0.717) is 6.04 Å². The monoisotopic (exact) mass is 292 g/mol. The second-order valence-electron chi connectivity index (χ2n) is 5.92. The van der Waals surface area contributed by atoms with Crippen molar-refractivity contribution >= 4 is 0 Å². The molecule has 1 saturated heterocycles. The summed E-state index contributed by atoms with van der Waals surface area (Å²) in [6, 6.07) is 6.99. The first-order valence-electron chi connectivity index (χ1n) is 7.88. The van der Waals surface area contributed by atoms with Crippen molar-refractivity contribution in [2.45, 2.75) is 39.4 Å². The minimum atomic E-state index is 0.498. The van der Waals surface area contributed by atoms with Crippen LogP contribution >= 0.6 is 0 Å². The lowest BCUT2D eigenvalue weighted by molar-refractivity contribution is 0.140. The van der Waals surface area contributed by atoms with E-state index in [0.717, 1.165) is 51.6 Å². The van der Waals surface area contributed by atoms with Crippen molar-refractivity contribution in [2.75, 3.05) is 33.4 Å². The highest BCUT2D eigenvalue weighted by molar-refractivity contribution is 5.37. The molecule has 0 spiro atoms. The Bertz CT molecular complexity index is 427. The van der Waals surface area contributed by atoms with Gasteiger partial charge in [0.15, 0.2) is 0 Å². The Labute approximate surface area is 128 Å². The molecular weight excluding hydrogens is 264 g/mol. The highest BCUT2D eigenvalue weighted by Crippen LogP contribution is 2.22. The first kappa shape index (κ1) is 16.3. The first-order chi connectivity index (χ1) is 10.2. The molecule has 1 aliphatic heterocycles.